The number of rotatable bonds is 4. The summed E-state index contributed by atoms with van der Waals surface area (Å²) >= 11 is 0. The minimum absolute atomic E-state index is 0. The van der Waals surface area contributed by atoms with Crippen LogP contribution in [0.15, 0.2) is 36.7 Å². The van der Waals surface area contributed by atoms with Gasteiger partial charge in [0.15, 0.2) is 5.78 Å². The van der Waals surface area contributed by atoms with Crippen molar-refractivity contribution in [2.75, 3.05) is 26.3 Å². The van der Waals surface area contributed by atoms with Gasteiger partial charge in [-0.1, -0.05) is 0 Å². The van der Waals surface area contributed by atoms with Gasteiger partial charge in [0, 0.05) is 28.8 Å². The summed E-state index contributed by atoms with van der Waals surface area (Å²) in [7, 11) is 0. The summed E-state index contributed by atoms with van der Waals surface area (Å²) in [6.45, 7) is 8.28. The van der Waals surface area contributed by atoms with Gasteiger partial charge < -0.3 is 19.5 Å². The van der Waals surface area contributed by atoms with Crippen molar-refractivity contribution in [2.45, 2.75) is 45.7 Å². The maximum absolute atomic E-state index is 14.5. The number of aromatic nitrogens is 2. The van der Waals surface area contributed by atoms with Crippen LogP contribution >= 0.6 is 12.4 Å². The monoisotopic (exact) mass is 514 g/mol. The van der Waals surface area contributed by atoms with E-state index >= 15 is 0 Å². The van der Waals surface area contributed by atoms with Gasteiger partial charge in [0.2, 0.25) is 0 Å². The number of morpholine rings is 1. The average molecular weight is 515 g/mol. The van der Waals surface area contributed by atoms with E-state index in [1.165, 1.54) is 12.1 Å². The molecule has 36 heavy (non-hydrogen) atoms. The number of piperidine rings is 1. The zero-order chi connectivity index (χ0) is 24.7. The fraction of sp³-hybridized carbons (Fsp3) is 0.444. The number of nitrogens with one attached hydrogen (secondary N) is 1. The van der Waals surface area contributed by atoms with Gasteiger partial charge in [0.05, 0.1) is 48.3 Å². The SMILES string of the molecule is Cc1c(C(=O)C2CCNCC2)c2ccncc2n1-c1ccc(F)cc1C(=O)N1[C@H](C)COC[C@H]1C.Cl. The first kappa shape index (κ1) is 26.3. The predicted molar refractivity (Wildman–Crippen MR) is 139 cm³/mol. The Bertz CT molecular complexity index is 1280. The Kier molecular flexibility index (Phi) is 7.78. The molecule has 1 aromatic carbocycles. The van der Waals surface area contributed by atoms with Crippen molar-refractivity contribution in [3.05, 3.63) is 59.3 Å². The first-order chi connectivity index (χ1) is 16.9. The molecular formula is C27H32ClFN4O3. The Balaban J connectivity index is 0.00000304. The molecule has 2 aliphatic heterocycles. The lowest BCUT2D eigenvalue weighted by Gasteiger charge is -2.39. The minimum Gasteiger partial charge on any atom is -0.377 e. The lowest BCUT2D eigenvalue weighted by Crippen LogP contribution is -2.52. The molecular weight excluding hydrogens is 483 g/mol. The van der Waals surface area contributed by atoms with Crippen LogP contribution < -0.4 is 5.32 Å². The molecule has 2 aliphatic rings. The van der Waals surface area contributed by atoms with E-state index in [0.717, 1.165) is 42.5 Å². The van der Waals surface area contributed by atoms with Crippen molar-refractivity contribution < 1.29 is 18.7 Å². The number of hydrogen-bond donors (Lipinski definition) is 1. The number of hydrogen-bond acceptors (Lipinski definition) is 5. The molecule has 2 atom stereocenters. The van der Waals surface area contributed by atoms with Crippen LogP contribution in [0, 0.1) is 18.7 Å². The number of Topliss-reactive ketones (excluding diaryl/α,β-unsaturated/α-hetero) is 1. The number of benzene rings is 1. The summed E-state index contributed by atoms with van der Waals surface area (Å²) in [5, 5.41) is 4.12. The molecule has 7 nitrogen and oxygen atoms in total. The quantitative estimate of drug-likeness (QED) is 0.524. The van der Waals surface area contributed by atoms with E-state index in [1.54, 1.807) is 23.4 Å². The largest absolute Gasteiger partial charge is 0.377 e. The highest BCUT2D eigenvalue weighted by Crippen LogP contribution is 2.34. The van der Waals surface area contributed by atoms with E-state index in [-0.39, 0.29) is 47.7 Å². The van der Waals surface area contributed by atoms with Gasteiger partial charge >= 0.3 is 0 Å². The molecule has 0 spiro atoms. The zero-order valence-electron chi connectivity index (χ0n) is 20.8. The molecule has 0 bridgehead atoms. The van der Waals surface area contributed by atoms with E-state index in [2.05, 4.69) is 10.3 Å². The number of pyridine rings is 1. The van der Waals surface area contributed by atoms with Crippen LogP contribution in [0.4, 0.5) is 4.39 Å². The molecule has 1 N–H and O–H groups in total. The van der Waals surface area contributed by atoms with Gasteiger partial charge in [-0.2, -0.15) is 0 Å². The fourth-order valence-corrected chi connectivity index (χ4v) is 5.59. The van der Waals surface area contributed by atoms with Crippen LogP contribution in [0.25, 0.3) is 16.6 Å². The number of amides is 1. The second-order valence-corrected chi connectivity index (χ2v) is 9.69. The third-order valence-electron chi connectivity index (χ3n) is 7.30. The molecule has 5 rings (SSSR count). The molecule has 2 saturated heterocycles. The van der Waals surface area contributed by atoms with Gasteiger partial charge in [-0.05, 0) is 71.0 Å². The predicted octanol–water partition coefficient (Wildman–Crippen LogP) is 4.33. The Hall–Kier alpha value is -2.81. The van der Waals surface area contributed by atoms with Crippen molar-refractivity contribution >= 4 is 35.0 Å². The molecule has 0 unspecified atom stereocenters. The Morgan fingerprint density at radius 3 is 2.50 bits per heavy atom. The number of halogens is 2. The normalized spacial score (nSPS) is 20.8. The maximum atomic E-state index is 14.5. The summed E-state index contributed by atoms with van der Waals surface area (Å²) in [6, 6.07) is 5.85. The number of carbonyl (C=O) groups is 2. The van der Waals surface area contributed by atoms with Crippen LogP contribution in [-0.2, 0) is 4.74 Å². The second kappa shape index (κ2) is 10.7. The van der Waals surface area contributed by atoms with Crippen molar-refractivity contribution in [1.29, 1.82) is 0 Å². The van der Waals surface area contributed by atoms with E-state index in [4.69, 9.17) is 4.74 Å². The Morgan fingerprint density at radius 1 is 1.11 bits per heavy atom. The summed E-state index contributed by atoms with van der Waals surface area (Å²) in [4.78, 5) is 33.5. The fourth-order valence-electron chi connectivity index (χ4n) is 5.59. The summed E-state index contributed by atoms with van der Waals surface area (Å²) in [6.07, 6.45) is 4.98. The number of ether oxygens (including phenoxy) is 1. The molecule has 3 aromatic rings. The molecule has 0 saturated carbocycles. The third-order valence-corrected chi connectivity index (χ3v) is 7.30. The highest BCUT2D eigenvalue weighted by Gasteiger charge is 2.33. The van der Waals surface area contributed by atoms with Crippen molar-refractivity contribution in [2.24, 2.45) is 5.92 Å². The Labute approximate surface area is 216 Å². The van der Waals surface area contributed by atoms with Gasteiger partial charge in [-0.15, -0.1) is 12.4 Å². The van der Waals surface area contributed by atoms with Crippen molar-refractivity contribution in [1.82, 2.24) is 19.8 Å². The van der Waals surface area contributed by atoms with Gasteiger partial charge in [-0.3, -0.25) is 14.6 Å². The number of fused-ring (bicyclic) bond motifs is 1. The van der Waals surface area contributed by atoms with Gasteiger partial charge in [0.1, 0.15) is 5.82 Å². The second-order valence-electron chi connectivity index (χ2n) is 9.69. The smallest absolute Gasteiger partial charge is 0.256 e. The van der Waals surface area contributed by atoms with Gasteiger partial charge in [0.25, 0.3) is 5.91 Å². The molecule has 2 fully saturated rings. The highest BCUT2D eigenvalue weighted by molar-refractivity contribution is 6.11. The van der Waals surface area contributed by atoms with Gasteiger partial charge in [-0.25, -0.2) is 4.39 Å². The van der Waals surface area contributed by atoms with Crippen LogP contribution in [-0.4, -0.2) is 64.5 Å². The first-order valence-corrected chi connectivity index (χ1v) is 12.3. The summed E-state index contributed by atoms with van der Waals surface area (Å²) < 4.78 is 22.0. The summed E-state index contributed by atoms with van der Waals surface area (Å²) in [5.41, 5.74) is 2.92. The Morgan fingerprint density at radius 2 is 1.81 bits per heavy atom. The number of nitrogens with zero attached hydrogens (tertiary/aromatic N) is 3. The molecule has 1 amide bonds. The minimum atomic E-state index is -0.482. The zero-order valence-corrected chi connectivity index (χ0v) is 21.6. The lowest BCUT2D eigenvalue weighted by molar-refractivity contribution is -0.0249. The third kappa shape index (κ3) is 4.53. The molecule has 0 radical (unpaired) electrons. The van der Waals surface area contributed by atoms with E-state index < -0.39 is 5.82 Å². The van der Waals surface area contributed by atoms with Crippen LogP contribution in [0.5, 0.6) is 0 Å². The first-order valence-electron chi connectivity index (χ1n) is 12.3. The van der Waals surface area contributed by atoms with E-state index in [9.17, 15) is 14.0 Å². The lowest BCUT2D eigenvalue weighted by atomic mass is 9.88. The van der Waals surface area contributed by atoms with Crippen molar-refractivity contribution in [3.63, 3.8) is 0 Å². The average Bonchev–Trinajstić information content (AvgIpc) is 3.15. The molecule has 9 heteroatoms. The molecule has 2 aromatic heterocycles. The van der Waals surface area contributed by atoms with Crippen LogP contribution in [0.1, 0.15) is 53.1 Å². The maximum Gasteiger partial charge on any atom is 0.256 e. The van der Waals surface area contributed by atoms with Crippen LogP contribution in [0.2, 0.25) is 0 Å². The number of carbonyl (C=O) groups excluding carboxylic acids is 2. The van der Waals surface area contributed by atoms with E-state index in [1.807, 2.05) is 31.4 Å². The number of ketones is 1. The standard InChI is InChI=1S/C27H31FN4O3.ClH/c1-16-14-35-15-17(2)31(16)27(34)22-12-20(28)4-5-23(22)32-18(3)25(21-8-11-30-13-24(21)32)26(33)19-6-9-29-10-7-19;/h4-5,8,11-13,16-17,19,29H,6-7,9-10,14-15H2,1-3H3;1H/t16-,17-;/m1./s1. The summed E-state index contributed by atoms with van der Waals surface area (Å²) in [5.74, 6) is -0.668. The molecule has 192 valence electrons. The highest BCUT2D eigenvalue weighted by atomic mass is 35.5. The molecule has 4 heterocycles. The van der Waals surface area contributed by atoms with Crippen LogP contribution in [0.3, 0.4) is 0 Å². The van der Waals surface area contributed by atoms with E-state index in [0.29, 0.717) is 24.5 Å². The van der Waals surface area contributed by atoms with Crippen molar-refractivity contribution in [3.8, 4) is 5.69 Å². The molecule has 0 aliphatic carbocycles. The topological polar surface area (TPSA) is 76.5 Å².